The normalized spacial score (nSPS) is 11.5. The molecule has 0 fully saturated rings. The number of benzene rings is 2. The smallest absolute Gasteiger partial charge is 0.223 e. The van der Waals surface area contributed by atoms with Gasteiger partial charge in [0.05, 0.1) is 20.3 Å². The first-order valence-electron chi connectivity index (χ1n) is 7.79. The van der Waals surface area contributed by atoms with E-state index in [0.717, 1.165) is 28.4 Å². The first-order valence-corrected chi connectivity index (χ1v) is 7.79. The predicted molar refractivity (Wildman–Crippen MR) is 97.1 cm³/mol. The van der Waals surface area contributed by atoms with Gasteiger partial charge in [-0.05, 0) is 43.3 Å². The Morgan fingerprint density at radius 1 is 1.08 bits per heavy atom. The van der Waals surface area contributed by atoms with Crippen LogP contribution in [0.5, 0.6) is 11.5 Å². The second kappa shape index (κ2) is 7.73. The summed E-state index contributed by atoms with van der Waals surface area (Å²) in [4.78, 5) is 13.0. The van der Waals surface area contributed by atoms with Crippen molar-refractivity contribution in [1.82, 2.24) is 0 Å². The van der Waals surface area contributed by atoms with Crippen molar-refractivity contribution in [2.45, 2.75) is 19.9 Å². The highest BCUT2D eigenvalue weighted by molar-refractivity contribution is 5.91. The number of nitrogens with zero attached hydrogens (tertiary/aromatic N) is 1. The summed E-state index contributed by atoms with van der Waals surface area (Å²) in [6.45, 7) is 3.62. The Labute approximate surface area is 143 Å². The molecule has 0 bridgehead atoms. The van der Waals surface area contributed by atoms with Crippen molar-refractivity contribution >= 4 is 17.3 Å². The van der Waals surface area contributed by atoms with Crippen LogP contribution in [0.1, 0.15) is 25.5 Å². The third kappa shape index (κ3) is 3.98. The first-order chi connectivity index (χ1) is 11.5. The van der Waals surface area contributed by atoms with Crippen LogP contribution in [0.15, 0.2) is 42.5 Å². The molecular formula is C19H24N2O3. The number of nitrogens with one attached hydrogen (secondary N) is 1. The maximum Gasteiger partial charge on any atom is 0.223 e. The van der Waals surface area contributed by atoms with Crippen LogP contribution in [0, 0.1) is 0 Å². The third-order valence-electron chi connectivity index (χ3n) is 4.02. The molecule has 1 atom stereocenters. The maximum atomic E-state index is 11.4. The zero-order valence-corrected chi connectivity index (χ0v) is 14.8. The summed E-state index contributed by atoms with van der Waals surface area (Å²) in [6, 6.07) is 13.6. The molecular weight excluding hydrogens is 304 g/mol. The zero-order valence-electron chi connectivity index (χ0n) is 14.8. The second-order valence-electron chi connectivity index (χ2n) is 5.60. The van der Waals surface area contributed by atoms with Crippen LogP contribution in [0.25, 0.3) is 0 Å². The highest BCUT2D eigenvalue weighted by Crippen LogP contribution is 2.31. The van der Waals surface area contributed by atoms with E-state index in [-0.39, 0.29) is 11.9 Å². The van der Waals surface area contributed by atoms with Gasteiger partial charge in [0.2, 0.25) is 5.91 Å². The molecule has 24 heavy (non-hydrogen) atoms. The Morgan fingerprint density at radius 2 is 1.75 bits per heavy atom. The lowest BCUT2D eigenvalue weighted by Crippen LogP contribution is -2.22. The van der Waals surface area contributed by atoms with Crippen LogP contribution >= 0.6 is 0 Å². The molecule has 5 nitrogen and oxygen atoms in total. The summed E-state index contributed by atoms with van der Waals surface area (Å²) in [6.07, 6.45) is 0. The summed E-state index contributed by atoms with van der Waals surface area (Å²) in [7, 11) is 5.04. The Kier molecular flexibility index (Phi) is 5.68. The number of methoxy groups -OCH3 is 2. The van der Waals surface area contributed by atoms with Gasteiger partial charge in [0.15, 0.2) is 0 Å². The van der Waals surface area contributed by atoms with E-state index in [1.807, 2.05) is 42.5 Å². The largest absolute Gasteiger partial charge is 0.497 e. The van der Waals surface area contributed by atoms with E-state index in [1.165, 1.54) is 0 Å². The molecule has 0 saturated carbocycles. The van der Waals surface area contributed by atoms with Gasteiger partial charge in [-0.1, -0.05) is 0 Å². The van der Waals surface area contributed by atoms with Crippen LogP contribution in [0.4, 0.5) is 11.4 Å². The van der Waals surface area contributed by atoms with Gasteiger partial charge in [-0.2, -0.15) is 0 Å². The van der Waals surface area contributed by atoms with E-state index in [4.69, 9.17) is 9.47 Å². The molecule has 0 aromatic heterocycles. The Bertz CT molecular complexity index is 698. The van der Waals surface area contributed by atoms with Crippen molar-refractivity contribution in [2.75, 3.05) is 31.5 Å². The lowest BCUT2D eigenvalue weighted by Gasteiger charge is -2.20. The van der Waals surface area contributed by atoms with Crippen molar-refractivity contribution in [1.29, 1.82) is 0 Å². The molecule has 2 aromatic rings. The van der Waals surface area contributed by atoms with Gasteiger partial charge < -0.3 is 19.7 Å². The number of amides is 1. The van der Waals surface area contributed by atoms with E-state index in [9.17, 15) is 4.79 Å². The quantitative estimate of drug-likeness (QED) is 0.875. The van der Waals surface area contributed by atoms with Crippen molar-refractivity contribution in [2.24, 2.45) is 0 Å². The van der Waals surface area contributed by atoms with Crippen molar-refractivity contribution in [3.63, 3.8) is 0 Å². The molecule has 1 N–H and O–H groups in total. The lowest BCUT2D eigenvalue weighted by molar-refractivity contribution is -0.116. The number of hydrogen-bond acceptors (Lipinski definition) is 4. The molecule has 128 valence electrons. The average molecular weight is 328 g/mol. The van der Waals surface area contributed by atoms with Crippen molar-refractivity contribution < 1.29 is 14.3 Å². The SMILES string of the molecule is COc1ccc([C@H](C)Nc2ccc(N(C)C(C)=O)cc2)c(OC)c1. The molecule has 5 heteroatoms. The van der Waals surface area contributed by atoms with E-state index >= 15 is 0 Å². The van der Waals surface area contributed by atoms with Gasteiger partial charge in [-0.25, -0.2) is 0 Å². The number of ether oxygens (including phenoxy) is 2. The van der Waals surface area contributed by atoms with E-state index in [0.29, 0.717) is 0 Å². The molecule has 0 radical (unpaired) electrons. The van der Waals surface area contributed by atoms with Gasteiger partial charge >= 0.3 is 0 Å². The van der Waals surface area contributed by atoms with E-state index < -0.39 is 0 Å². The Balaban J connectivity index is 2.15. The lowest BCUT2D eigenvalue weighted by atomic mass is 10.1. The minimum Gasteiger partial charge on any atom is -0.497 e. The molecule has 0 aliphatic heterocycles. The van der Waals surface area contributed by atoms with Gasteiger partial charge in [0.1, 0.15) is 11.5 Å². The standard InChI is InChI=1S/C19H24N2O3/c1-13(18-11-10-17(23-4)12-19(18)24-5)20-15-6-8-16(9-7-15)21(3)14(2)22/h6-13,20H,1-5H3/t13-/m0/s1. The van der Waals surface area contributed by atoms with Gasteiger partial charge in [0.25, 0.3) is 0 Å². The van der Waals surface area contributed by atoms with Crippen LogP contribution < -0.4 is 19.7 Å². The topological polar surface area (TPSA) is 50.8 Å². The van der Waals surface area contributed by atoms with Crippen LogP contribution in [0.2, 0.25) is 0 Å². The maximum absolute atomic E-state index is 11.4. The van der Waals surface area contributed by atoms with Gasteiger partial charge in [-0.3, -0.25) is 4.79 Å². The van der Waals surface area contributed by atoms with E-state index in [1.54, 1.807) is 33.1 Å². The number of rotatable bonds is 6. The molecule has 0 unspecified atom stereocenters. The third-order valence-corrected chi connectivity index (χ3v) is 4.02. The van der Waals surface area contributed by atoms with Gasteiger partial charge in [0, 0.05) is 37.0 Å². The van der Waals surface area contributed by atoms with Crippen LogP contribution in [-0.4, -0.2) is 27.2 Å². The molecule has 0 spiro atoms. The molecule has 0 aliphatic carbocycles. The number of hydrogen-bond donors (Lipinski definition) is 1. The van der Waals surface area contributed by atoms with Crippen molar-refractivity contribution in [3.05, 3.63) is 48.0 Å². The fourth-order valence-electron chi connectivity index (χ4n) is 2.47. The molecule has 0 saturated heterocycles. The first kappa shape index (κ1) is 17.7. The van der Waals surface area contributed by atoms with E-state index in [2.05, 4.69) is 12.2 Å². The van der Waals surface area contributed by atoms with Crippen LogP contribution in [-0.2, 0) is 4.79 Å². The summed E-state index contributed by atoms with van der Waals surface area (Å²) in [5.41, 5.74) is 2.88. The Morgan fingerprint density at radius 3 is 2.29 bits per heavy atom. The fraction of sp³-hybridized carbons (Fsp3) is 0.316. The summed E-state index contributed by atoms with van der Waals surface area (Å²) < 4.78 is 10.7. The second-order valence-corrected chi connectivity index (χ2v) is 5.60. The number of carbonyl (C=O) groups excluding carboxylic acids is 1. The average Bonchev–Trinajstić information content (AvgIpc) is 2.60. The summed E-state index contributed by atoms with van der Waals surface area (Å²) >= 11 is 0. The highest BCUT2D eigenvalue weighted by atomic mass is 16.5. The monoisotopic (exact) mass is 328 g/mol. The summed E-state index contributed by atoms with van der Waals surface area (Å²) in [5, 5.41) is 3.44. The zero-order chi connectivity index (χ0) is 17.7. The van der Waals surface area contributed by atoms with Crippen LogP contribution in [0.3, 0.4) is 0 Å². The predicted octanol–water partition coefficient (Wildman–Crippen LogP) is 3.86. The minimum absolute atomic E-state index is 0.00652. The molecule has 1 amide bonds. The van der Waals surface area contributed by atoms with Gasteiger partial charge in [-0.15, -0.1) is 0 Å². The summed E-state index contributed by atoms with van der Waals surface area (Å²) in [5.74, 6) is 1.55. The van der Waals surface area contributed by atoms with Crippen molar-refractivity contribution in [3.8, 4) is 11.5 Å². The molecule has 0 aliphatic rings. The fourth-order valence-corrected chi connectivity index (χ4v) is 2.47. The Hall–Kier alpha value is -2.69. The highest BCUT2D eigenvalue weighted by Gasteiger charge is 2.13. The molecule has 2 rings (SSSR count). The minimum atomic E-state index is 0.00652. The number of carbonyl (C=O) groups is 1. The molecule has 0 heterocycles. The molecule has 2 aromatic carbocycles. The number of anilines is 2.